The van der Waals surface area contributed by atoms with Crippen LogP contribution < -0.4 is 4.72 Å². The molecule has 6 nitrogen and oxygen atoms in total. The Balaban J connectivity index is 2.81. The van der Waals surface area contributed by atoms with Gasteiger partial charge < -0.3 is 9.84 Å². The molecule has 1 aromatic carbocycles. The molecule has 1 aromatic rings. The van der Waals surface area contributed by atoms with Crippen molar-refractivity contribution in [2.24, 2.45) is 0 Å². The predicted octanol–water partition coefficient (Wildman–Crippen LogP) is -0.238. The minimum atomic E-state index is -3.90. The van der Waals surface area contributed by atoms with Crippen LogP contribution in [-0.2, 0) is 26.1 Å². The van der Waals surface area contributed by atoms with E-state index in [4.69, 9.17) is 5.11 Å². The van der Waals surface area contributed by atoms with Gasteiger partial charge in [0.15, 0.2) is 5.75 Å². The quantitative estimate of drug-likeness (QED) is 0.578. The van der Waals surface area contributed by atoms with E-state index < -0.39 is 27.6 Å². The van der Waals surface area contributed by atoms with Crippen LogP contribution in [0.25, 0.3) is 0 Å². The molecule has 0 fully saturated rings. The minimum Gasteiger partial charge on any atom is -0.468 e. The van der Waals surface area contributed by atoms with Crippen molar-refractivity contribution in [2.75, 3.05) is 19.5 Å². The molecule has 0 unspecified atom stereocenters. The number of methoxy groups -OCH3 is 1. The van der Waals surface area contributed by atoms with Gasteiger partial charge in [0.25, 0.3) is 0 Å². The van der Waals surface area contributed by atoms with Crippen molar-refractivity contribution in [2.45, 2.75) is 6.54 Å². The predicted molar refractivity (Wildman–Crippen MR) is 73.0 cm³/mol. The lowest BCUT2D eigenvalue weighted by atomic mass is 10.1. The number of nitrogens with one attached hydrogen (secondary N) is 1. The summed E-state index contributed by atoms with van der Waals surface area (Å²) in [6.07, 6.45) is 0. The average molecular weight is 315 g/mol. The molecule has 0 aromatic heterocycles. The van der Waals surface area contributed by atoms with Gasteiger partial charge in [-0.15, -0.1) is 0 Å². The number of esters is 1. The Bertz CT molecular complexity index is 676. The van der Waals surface area contributed by atoms with Gasteiger partial charge in [0, 0.05) is 17.7 Å². The third-order valence-electron chi connectivity index (χ3n) is 2.38. The van der Waals surface area contributed by atoms with Crippen molar-refractivity contribution in [3.63, 3.8) is 0 Å². The van der Waals surface area contributed by atoms with E-state index >= 15 is 0 Å². The summed E-state index contributed by atoms with van der Waals surface area (Å²) in [5.74, 6) is 2.63. The summed E-state index contributed by atoms with van der Waals surface area (Å²) in [4.78, 5) is 10.9. The maximum atomic E-state index is 13.6. The molecule has 0 bridgehead atoms. The number of hydrogen-bond acceptors (Lipinski definition) is 5. The summed E-state index contributed by atoms with van der Waals surface area (Å²) in [5.41, 5.74) is 0.515. The summed E-state index contributed by atoms with van der Waals surface area (Å²) < 4.78 is 43.0. The number of aliphatic hydroxyl groups excluding tert-OH is 1. The Morgan fingerprint density at radius 1 is 1.48 bits per heavy atom. The van der Waals surface area contributed by atoms with E-state index in [-0.39, 0.29) is 18.7 Å². The number of sulfonamides is 1. The first-order chi connectivity index (χ1) is 9.88. The first-order valence-corrected chi connectivity index (χ1v) is 7.45. The van der Waals surface area contributed by atoms with E-state index in [0.29, 0.717) is 5.56 Å². The number of rotatable bonds is 5. The van der Waals surface area contributed by atoms with Gasteiger partial charge in [0.2, 0.25) is 10.0 Å². The van der Waals surface area contributed by atoms with Crippen LogP contribution in [0.15, 0.2) is 18.2 Å². The molecule has 1 rings (SSSR count). The fourth-order valence-electron chi connectivity index (χ4n) is 1.38. The maximum Gasteiger partial charge on any atom is 0.322 e. The molecule has 0 spiro atoms. The van der Waals surface area contributed by atoms with Gasteiger partial charge in [-0.2, -0.15) is 0 Å². The van der Waals surface area contributed by atoms with Crippen LogP contribution in [-0.4, -0.2) is 39.0 Å². The largest absolute Gasteiger partial charge is 0.468 e. The van der Waals surface area contributed by atoms with Crippen LogP contribution in [0.4, 0.5) is 4.39 Å². The van der Waals surface area contributed by atoms with Crippen LogP contribution in [0.5, 0.6) is 0 Å². The number of halogens is 1. The molecule has 0 saturated carbocycles. The van der Waals surface area contributed by atoms with Crippen LogP contribution in [0.3, 0.4) is 0 Å². The van der Waals surface area contributed by atoms with E-state index in [9.17, 15) is 17.6 Å². The summed E-state index contributed by atoms with van der Waals surface area (Å²) in [6.45, 7) is -0.654. The van der Waals surface area contributed by atoms with E-state index in [2.05, 4.69) is 21.3 Å². The standard InChI is InChI=1S/C13H14FNO5S/c1-20-13(17)9-21(18,19)15-8-11-7-10(3-2-6-16)4-5-12(11)14/h4-5,7,15-16H,6,8-9H2,1H3. The second kappa shape index (κ2) is 7.73. The normalized spacial score (nSPS) is 10.6. The zero-order valence-electron chi connectivity index (χ0n) is 11.2. The van der Waals surface area contributed by atoms with E-state index in [0.717, 1.165) is 13.2 Å². The number of carbonyl (C=O) groups excluding carboxylic acids is 1. The van der Waals surface area contributed by atoms with Crippen LogP contribution >= 0.6 is 0 Å². The Morgan fingerprint density at radius 2 is 2.19 bits per heavy atom. The summed E-state index contributed by atoms with van der Waals surface area (Å²) in [5, 5.41) is 8.59. The smallest absolute Gasteiger partial charge is 0.322 e. The monoisotopic (exact) mass is 315 g/mol. The summed E-state index contributed by atoms with van der Waals surface area (Å²) in [6, 6.07) is 3.91. The molecule has 114 valence electrons. The first-order valence-electron chi connectivity index (χ1n) is 5.80. The molecule has 8 heteroatoms. The van der Waals surface area contributed by atoms with Gasteiger partial charge in [0.05, 0.1) is 7.11 Å². The van der Waals surface area contributed by atoms with Gasteiger partial charge >= 0.3 is 5.97 Å². The molecule has 0 radical (unpaired) electrons. The second-order valence-corrected chi connectivity index (χ2v) is 5.73. The van der Waals surface area contributed by atoms with Crippen molar-refractivity contribution < 1.29 is 27.4 Å². The number of carbonyl (C=O) groups is 1. The summed E-state index contributed by atoms with van der Waals surface area (Å²) >= 11 is 0. The first kappa shape index (κ1) is 17.1. The molecule has 0 aliphatic heterocycles. The third kappa shape index (κ3) is 5.91. The molecule has 0 aliphatic rings. The number of ether oxygens (including phenoxy) is 1. The molecule has 0 atom stereocenters. The SMILES string of the molecule is COC(=O)CS(=O)(=O)NCc1cc(C#CCO)ccc1F. The second-order valence-electron chi connectivity index (χ2n) is 3.92. The molecular weight excluding hydrogens is 301 g/mol. The molecular formula is C13H14FNO5S. The third-order valence-corrected chi connectivity index (χ3v) is 3.58. The molecule has 2 N–H and O–H groups in total. The lowest BCUT2D eigenvalue weighted by Crippen LogP contribution is -2.30. The van der Waals surface area contributed by atoms with E-state index in [1.54, 1.807) is 0 Å². The zero-order chi connectivity index (χ0) is 15.9. The molecule has 0 aliphatic carbocycles. The van der Waals surface area contributed by atoms with Crippen LogP contribution in [0.2, 0.25) is 0 Å². The van der Waals surface area contributed by atoms with Crippen LogP contribution in [0.1, 0.15) is 11.1 Å². The number of benzene rings is 1. The molecule has 0 saturated heterocycles. The van der Waals surface area contributed by atoms with Crippen LogP contribution in [0, 0.1) is 17.7 Å². The van der Waals surface area contributed by atoms with Crippen molar-refractivity contribution in [1.29, 1.82) is 0 Å². The lowest BCUT2D eigenvalue weighted by molar-refractivity contribution is -0.137. The van der Waals surface area contributed by atoms with Crippen molar-refractivity contribution in [3.8, 4) is 11.8 Å². The Hall–Kier alpha value is -1.95. The fourth-order valence-corrected chi connectivity index (χ4v) is 2.29. The fraction of sp³-hybridized carbons (Fsp3) is 0.308. The van der Waals surface area contributed by atoms with Crippen molar-refractivity contribution >= 4 is 16.0 Å². The average Bonchev–Trinajstić information content (AvgIpc) is 2.44. The van der Waals surface area contributed by atoms with Gasteiger partial charge in [0.1, 0.15) is 12.4 Å². The highest BCUT2D eigenvalue weighted by molar-refractivity contribution is 7.90. The molecule has 0 amide bonds. The topological polar surface area (TPSA) is 92.7 Å². The Kier molecular flexibility index (Phi) is 6.30. The minimum absolute atomic E-state index is 0.0770. The number of hydrogen-bond donors (Lipinski definition) is 2. The molecule has 21 heavy (non-hydrogen) atoms. The number of aliphatic hydroxyl groups is 1. The Morgan fingerprint density at radius 3 is 2.81 bits per heavy atom. The molecule has 0 heterocycles. The highest BCUT2D eigenvalue weighted by Gasteiger charge is 2.17. The Labute approximate surface area is 122 Å². The van der Waals surface area contributed by atoms with Gasteiger partial charge in [-0.05, 0) is 18.2 Å². The van der Waals surface area contributed by atoms with E-state index in [1.165, 1.54) is 12.1 Å². The highest BCUT2D eigenvalue weighted by atomic mass is 32.2. The highest BCUT2D eigenvalue weighted by Crippen LogP contribution is 2.10. The van der Waals surface area contributed by atoms with Crippen molar-refractivity contribution in [1.82, 2.24) is 4.72 Å². The summed E-state index contributed by atoms with van der Waals surface area (Å²) in [7, 11) is -2.83. The van der Waals surface area contributed by atoms with Gasteiger partial charge in [-0.3, -0.25) is 4.79 Å². The zero-order valence-corrected chi connectivity index (χ0v) is 12.0. The van der Waals surface area contributed by atoms with Gasteiger partial charge in [-0.25, -0.2) is 17.5 Å². The maximum absolute atomic E-state index is 13.6. The van der Waals surface area contributed by atoms with Crippen molar-refractivity contribution in [3.05, 3.63) is 35.1 Å². The van der Waals surface area contributed by atoms with Gasteiger partial charge in [-0.1, -0.05) is 11.8 Å². The van der Waals surface area contributed by atoms with E-state index in [1.807, 2.05) is 0 Å². The lowest BCUT2D eigenvalue weighted by Gasteiger charge is -2.07.